The van der Waals surface area contributed by atoms with Crippen LogP contribution in [0.5, 0.6) is 0 Å². The van der Waals surface area contributed by atoms with E-state index in [1.54, 1.807) is 7.11 Å². The topological polar surface area (TPSA) is 24.5 Å². The van der Waals surface area contributed by atoms with Crippen LogP contribution in [-0.2, 0) is 17.7 Å². The number of rotatable bonds is 10. The monoisotopic (exact) mass is 292 g/mol. The number of methoxy groups -OCH3 is 1. The first-order valence-electron chi connectivity index (χ1n) is 8.11. The van der Waals surface area contributed by atoms with Crippen molar-refractivity contribution in [3.8, 4) is 0 Å². The van der Waals surface area contributed by atoms with Crippen molar-refractivity contribution in [1.29, 1.82) is 0 Å². The Morgan fingerprint density at radius 3 is 2.38 bits per heavy atom. The quantitative estimate of drug-likeness (QED) is 0.717. The van der Waals surface area contributed by atoms with Crippen LogP contribution in [0.2, 0.25) is 0 Å². The SMILES string of the molecule is CCN(Cc1ccccc1CCNC(C)C)C(C)COC. The predicted octanol–water partition coefficient (Wildman–Crippen LogP) is 3.08. The molecule has 0 spiro atoms. The van der Waals surface area contributed by atoms with Gasteiger partial charge in [0.25, 0.3) is 0 Å². The van der Waals surface area contributed by atoms with Gasteiger partial charge in [0.15, 0.2) is 0 Å². The summed E-state index contributed by atoms with van der Waals surface area (Å²) in [7, 11) is 1.77. The largest absolute Gasteiger partial charge is 0.383 e. The molecule has 0 fully saturated rings. The van der Waals surface area contributed by atoms with E-state index in [2.05, 4.69) is 62.2 Å². The van der Waals surface area contributed by atoms with Gasteiger partial charge in [-0.1, -0.05) is 45.0 Å². The zero-order valence-corrected chi connectivity index (χ0v) is 14.4. The van der Waals surface area contributed by atoms with E-state index < -0.39 is 0 Å². The molecule has 0 radical (unpaired) electrons. The molecular weight excluding hydrogens is 260 g/mol. The van der Waals surface area contributed by atoms with Gasteiger partial charge >= 0.3 is 0 Å². The molecule has 0 aliphatic rings. The average molecular weight is 292 g/mol. The minimum Gasteiger partial charge on any atom is -0.383 e. The van der Waals surface area contributed by atoms with E-state index in [0.29, 0.717) is 12.1 Å². The molecule has 1 unspecified atom stereocenters. The van der Waals surface area contributed by atoms with Gasteiger partial charge < -0.3 is 10.1 Å². The molecule has 1 aromatic rings. The van der Waals surface area contributed by atoms with Crippen molar-refractivity contribution in [3.05, 3.63) is 35.4 Å². The van der Waals surface area contributed by atoms with Crippen molar-refractivity contribution in [2.24, 2.45) is 0 Å². The summed E-state index contributed by atoms with van der Waals surface area (Å²) in [6.07, 6.45) is 1.09. The summed E-state index contributed by atoms with van der Waals surface area (Å²) in [5.41, 5.74) is 2.89. The number of hydrogen-bond donors (Lipinski definition) is 1. The van der Waals surface area contributed by atoms with Crippen LogP contribution in [0.15, 0.2) is 24.3 Å². The van der Waals surface area contributed by atoms with Gasteiger partial charge in [-0.15, -0.1) is 0 Å². The molecule has 1 N–H and O–H groups in total. The van der Waals surface area contributed by atoms with Crippen molar-refractivity contribution in [2.45, 2.75) is 52.7 Å². The van der Waals surface area contributed by atoms with Gasteiger partial charge in [-0.2, -0.15) is 0 Å². The van der Waals surface area contributed by atoms with E-state index in [-0.39, 0.29) is 0 Å². The average Bonchev–Trinajstić information content (AvgIpc) is 2.46. The Hall–Kier alpha value is -0.900. The molecule has 0 saturated carbocycles. The van der Waals surface area contributed by atoms with Crippen LogP contribution in [-0.4, -0.2) is 43.8 Å². The Labute approximate surface area is 130 Å². The molecule has 120 valence electrons. The van der Waals surface area contributed by atoms with Gasteiger partial charge in [0.1, 0.15) is 0 Å². The van der Waals surface area contributed by atoms with Gasteiger partial charge in [-0.05, 0) is 37.6 Å². The Balaban J connectivity index is 2.68. The zero-order valence-electron chi connectivity index (χ0n) is 14.4. The summed E-state index contributed by atoms with van der Waals surface area (Å²) in [6, 6.07) is 9.79. The molecular formula is C18H32N2O. The van der Waals surface area contributed by atoms with E-state index in [0.717, 1.165) is 32.7 Å². The van der Waals surface area contributed by atoms with Crippen LogP contribution >= 0.6 is 0 Å². The summed E-state index contributed by atoms with van der Waals surface area (Å²) in [6.45, 7) is 12.7. The minimum absolute atomic E-state index is 0.446. The van der Waals surface area contributed by atoms with Gasteiger partial charge in [0, 0.05) is 25.7 Å². The standard InChI is InChI=1S/C18H32N2O/c1-6-20(16(4)14-21-5)13-18-10-8-7-9-17(18)11-12-19-15(2)3/h7-10,15-16,19H,6,11-14H2,1-5H3. The molecule has 0 aromatic heterocycles. The Morgan fingerprint density at radius 1 is 1.14 bits per heavy atom. The zero-order chi connectivity index (χ0) is 15.7. The second-order valence-electron chi connectivity index (χ2n) is 5.99. The first kappa shape index (κ1) is 18.1. The van der Waals surface area contributed by atoms with E-state index >= 15 is 0 Å². The molecule has 0 amide bonds. The molecule has 1 atom stereocenters. The minimum atomic E-state index is 0.446. The third-order valence-electron chi connectivity index (χ3n) is 3.88. The van der Waals surface area contributed by atoms with Crippen LogP contribution in [0.1, 0.15) is 38.8 Å². The molecule has 0 bridgehead atoms. The fraction of sp³-hybridized carbons (Fsp3) is 0.667. The normalized spacial score (nSPS) is 13.1. The van der Waals surface area contributed by atoms with Crippen LogP contribution in [0.25, 0.3) is 0 Å². The number of hydrogen-bond acceptors (Lipinski definition) is 3. The first-order valence-corrected chi connectivity index (χ1v) is 8.11. The van der Waals surface area contributed by atoms with Gasteiger partial charge in [0.2, 0.25) is 0 Å². The van der Waals surface area contributed by atoms with Gasteiger partial charge in [0.05, 0.1) is 6.61 Å². The molecule has 3 heteroatoms. The third-order valence-corrected chi connectivity index (χ3v) is 3.88. The highest BCUT2D eigenvalue weighted by Gasteiger charge is 2.13. The number of ether oxygens (including phenoxy) is 1. The van der Waals surface area contributed by atoms with Crippen molar-refractivity contribution >= 4 is 0 Å². The molecule has 1 aromatic carbocycles. The molecule has 0 saturated heterocycles. The van der Waals surface area contributed by atoms with Gasteiger partial charge in [-0.3, -0.25) is 4.90 Å². The molecule has 21 heavy (non-hydrogen) atoms. The summed E-state index contributed by atoms with van der Waals surface area (Å²) >= 11 is 0. The maximum absolute atomic E-state index is 5.29. The molecule has 1 rings (SSSR count). The summed E-state index contributed by atoms with van der Waals surface area (Å²) in [4.78, 5) is 2.47. The van der Waals surface area contributed by atoms with Crippen LogP contribution < -0.4 is 5.32 Å². The van der Waals surface area contributed by atoms with Crippen molar-refractivity contribution in [2.75, 3.05) is 26.8 Å². The summed E-state index contributed by atoms with van der Waals surface area (Å²) < 4.78 is 5.29. The number of likely N-dealkylation sites (N-methyl/N-ethyl adjacent to an activating group) is 1. The highest BCUT2D eigenvalue weighted by atomic mass is 16.5. The lowest BCUT2D eigenvalue weighted by Crippen LogP contribution is -2.36. The molecule has 3 nitrogen and oxygen atoms in total. The van der Waals surface area contributed by atoms with Crippen LogP contribution in [0.3, 0.4) is 0 Å². The lowest BCUT2D eigenvalue weighted by Gasteiger charge is -2.28. The van der Waals surface area contributed by atoms with E-state index in [9.17, 15) is 0 Å². The van der Waals surface area contributed by atoms with E-state index in [1.165, 1.54) is 11.1 Å². The second kappa shape index (κ2) is 9.93. The van der Waals surface area contributed by atoms with Crippen molar-refractivity contribution in [3.63, 3.8) is 0 Å². The Morgan fingerprint density at radius 2 is 1.81 bits per heavy atom. The summed E-state index contributed by atoms with van der Waals surface area (Å²) in [5, 5.41) is 3.50. The highest BCUT2D eigenvalue weighted by molar-refractivity contribution is 5.27. The first-order chi connectivity index (χ1) is 10.1. The number of benzene rings is 1. The lowest BCUT2D eigenvalue weighted by atomic mass is 10.0. The van der Waals surface area contributed by atoms with E-state index in [4.69, 9.17) is 4.74 Å². The predicted molar refractivity (Wildman–Crippen MR) is 90.7 cm³/mol. The number of nitrogens with one attached hydrogen (secondary N) is 1. The molecule has 0 heterocycles. The second-order valence-corrected chi connectivity index (χ2v) is 5.99. The Bertz CT molecular complexity index is 393. The highest BCUT2D eigenvalue weighted by Crippen LogP contribution is 2.14. The number of nitrogens with zero attached hydrogens (tertiary/aromatic N) is 1. The smallest absolute Gasteiger partial charge is 0.0615 e. The molecule has 0 aliphatic heterocycles. The maximum atomic E-state index is 5.29. The lowest BCUT2D eigenvalue weighted by molar-refractivity contribution is 0.0980. The fourth-order valence-electron chi connectivity index (χ4n) is 2.60. The van der Waals surface area contributed by atoms with Crippen molar-refractivity contribution < 1.29 is 4.74 Å². The van der Waals surface area contributed by atoms with Crippen molar-refractivity contribution in [1.82, 2.24) is 10.2 Å². The van der Waals surface area contributed by atoms with Gasteiger partial charge in [-0.25, -0.2) is 0 Å². The third kappa shape index (κ3) is 6.60. The van der Waals surface area contributed by atoms with Crippen LogP contribution in [0.4, 0.5) is 0 Å². The van der Waals surface area contributed by atoms with E-state index in [1.807, 2.05) is 0 Å². The Kier molecular flexibility index (Phi) is 8.58. The maximum Gasteiger partial charge on any atom is 0.0615 e. The fourth-order valence-corrected chi connectivity index (χ4v) is 2.60. The molecule has 0 aliphatic carbocycles. The van der Waals surface area contributed by atoms with Crippen LogP contribution in [0, 0.1) is 0 Å². The summed E-state index contributed by atoms with van der Waals surface area (Å²) in [5.74, 6) is 0.